The monoisotopic (exact) mass is 400 g/mol. The van der Waals surface area contributed by atoms with Gasteiger partial charge in [-0.15, -0.1) is 0 Å². The molecule has 0 N–H and O–H groups in total. The molecular formula is C24H31ClNS+. The molecule has 2 aromatic carbocycles. The Morgan fingerprint density at radius 3 is 2.52 bits per heavy atom. The van der Waals surface area contributed by atoms with Gasteiger partial charge in [0.2, 0.25) is 0 Å². The molecule has 1 heterocycles. The van der Waals surface area contributed by atoms with E-state index in [2.05, 4.69) is 63.5 Å². The number of benzene rings is 2. The molecule has 1 nitrogen and oxygen atoms in total. The SMILES string of the molecule is CCCCCC[N+](C)(C)CCC=C1c2ccccc2Sc2ccc(Cl)cc21. The van der Waals surface area contributed by atoms with Crippen LogP contribution in [0.25, 0.3) is 5.57 Å². The second kappa shape index (κ2) is 9.32. The van der Waals surface area contributed by atoms with Crippen LogP contribution < -0.4 is 0 Å². The summed E-state index contributed by atoms with van der Waals surface area (Å²) in [4.78, 5) is 2.64. The maximum absolute atomic E-state index is 6.32. The zero-order valence-corrected chi connectivity index (χ0v) is 18.4. The number of halogens is 1. The summed E-state index contributed by atoms with van der Waals surface area (Å²) in [6.45, 7) is 4.70. The van der Waals surface area contributed by atoms with Crippen LogP contribution in [0.15, 0.2) is 58.3 Å². The van der Waals surface area contributed by atoms with Gasteiger partial charge in [0.25, 0.3) is 0 Å². The van der Waals surface area contributed by atoms with Crippen LogP contribution in [0.1, 0.15) is 50.2 Å². The van der Waals surface area contributed by atoms with Gasteiger partial charge in [0, 0.05) is 21.2 Å². The van der Waals surface area contributed by atoms with Crippen molar-refractivity contribution in [3.05, 3.63) is 64.7 Å². The number of hydrogen-bond acceptors (Lipinski definition) is 1. The Morgan fingerprint density at radius 2 is 1.70 bits per heavy atom. The molecule has 0 radical (unpaired) electrons. The van der Waals surface area contributed by atoms with Crippen LogP contribution in [-0.4, -0.2) is 31.7 Å². The van der Waals surface area contributed by atoms with E-state index in [1.54, 1.807) is 0 Å². The van der Waals surface area contributed by atoms with Crippen LogP contribution in [0.5, 0.6) is 0 Å². The second-order valence-electron chi connectivity index (χ2n) is 8.09. The molecule has 3 heteroatoms. The number of unbranched alkanes of at least 4 members (excludes halogenated alkanes) is 3. The molecule has 0 amide bonds. The fourth-order valence-corrected chi connectivity index (χ4v) is 4.96. The van der Waals surface area contributed by atoms with Crippen LogP contribution >= 0.6 is 23.4 Å². The average Bonchev–Trinajstić information content (AvgIpc) is 2.65. The molecule has 0 bridgehead atoms. The Labute approximate surface area is 174 Å². The highest BCUT2D eigenvalue weighted by atomic mass is 35.5. The van der Waals surface area contributed by atoms with Crippen molar-refractivity contribution in [2.75, 3.05) is 27.2 Å². The van der Waals surface area contributed by atoms with Crippen molar-refractivity contribution in [1.82, 2.24) is 0 Å². The van der Waals surface area contributed by atoms with Crippen LogP contribution in [0, 0.1) is 0 Å². The Bertz CT molecular complexity index is 810. The summed E-state index contributed by atoms with van der Waals surface area (Å²) in [5.41, 5.74) is 3.96. The highest BCUT2D eigenvalue weighted by molar-refractivity contribution is 7.99. The third-order valence-corrected chi connectivity index (χ3v) is 6.72. The summed E-state index contributed by atoms with van der Waals surface area (Å²) in [6.07, 6.45) is 8.86. The lowest BCUT2D eigenvalue weighted by molar-refractivity contribution is -0.890. The highest BCUT2D eigenvalue weighted by Gasteiger charge is 2.21. The Morgan fingerprint density at radius 1 is 0.926 bits per heavy atom. The molecule has 1 aliphatic rings. The molecule has 0 atom stereocenters. The van der Waals surface area contributed by atoms with Crippen molar-refractivity contribution in [1.29, 1.82) is 0 Å². The lowest BCUT2D eigenvalue weighted by Gasteiger charge is -2.30. The van der Waals surface area contributed by atoms with Crippen LogP contribution in [0.2, 0.25) is 5.02 Å². The van der Waals surface area contributed by atoms with Gasteiger partial charge in [-0.2, -0.15) is 0 Å². The largest absolute Gasteiger partial charge is 0.328 e. The van der Waals surface area contributed by atoms with Crippen molar-refractivity contribution in [3.63, 3.8) is 0 Å². The molecule has 0 fully saturated rings. The number of hydrogen-bond donors (Lipinski definition) is 0. The topological polar surface area (TPSA) is 0 Å². The van der Waals surface area contributed by atoms with Gasteiger partial charge in [-0.05, 0) is 53.8 Å². The van der Waals surface area contributed by atoms with E-state index >= 15 is 0 Å². The van der Waals surface area contributed by atoms with Gasteiger partial charge in [0.1, 0.15) is 0 Å². The van der Waals surface area contributed by atoms with E-state index in [1.165, 1.54) is 65.3 Å². The fourth-order valence-electron chi connectivity index (χ4n) is 3.70. The minimum Gasteiger partial charge on any atom is -0.328 e. The van der Waals surface area contributed by atoms with Crippen molar-refractivity contribution in [2.24, 2.45) is 0 Å². The number of quaternary nitrogens is 1. The first-order valence-corrected chi connectivity index (χ1v) is 11.3. The number of nitrogens with zero attached hydrogens (tertiary/aromatic N) is 1. The van der Waals surface area contributed by atoms with E-state index < -0.39 is 0 Å². The second-order valence-corrected chi connectivity index (χ2v) is 9.61. The highest BCUT2D eigenvalue weighted by Crippen LogP contribution is 2.46. The number of rotatable bonds is 8. The molecule has 0 aliphatic carbocycles. The molecule has 2 aromatic rings. The van der Waals surface area contributed by atoms with Crippen LogP contribution in [-0.2, 0) is 0 Å². The van der Waals surface area contributed by atoms with Crippen molar-refractivity contribution < 1.29 is 4.48 Å². The van der Waals surface area contributed by atoms with Crippen LogP contribution in [0.4, 0.5) is 0 Å². The smallest absolute Gasteiger partial charge is 0.0817 e. The molecule has 0 saturated heterocycles. The lowest BCUT2D eigenvalue weighted by Crippen LogP contribution is -2.41. The maximum Gasteiger partial charge on any atom is 0.0817 e. The fraction of sp³-hybridized carbons (Fsp3) is 0.417. The normalized spacial score (nSPS) is 14.9. The Kier molecular flexibility index (Phi) is 7.08. The van der Waals surface area contributed by atoms with E-state index in [4.69, 9.17) is 11.6 Å². The predicted octanol–water partition coefficient (Wildman–Crippen LogP) is 7.28. The summed E-state index contributed by atoms with van der Waals surface area (Å²) in [7, 11) is 4.72. The van der Waals surface area contributed by atoms with E-state index in [0.29, 0.717) is 0 Å². The molecule has 27 heavy (non-hydrogen) atoms. The van der Waals surface area contributed by atoms with E-state index in [9.17, 15) is 0 Å². The summed E-state index contributed by atoms with van der Waals surface area (Å²) < 4.78 is 1.09. The molecule has 0 spiro atoms. The minimum absolute atomic E-state index is 0.812. The van der Waals surface area contributed by atoms with E-state index in [-0.39, 0.29) is 0 Å². The molecular weight excluding hydrogens is 370 g/mol. The van der Waals surface area contributed by atoms with Gasteiger partial charge in [0.05, 0.1) is 27.2 Å². The van der Waals surface area contributed by atoms with Gasteiger partial charge in [-0.1, -0.05) is 67.4 Å². The summed E-state index contributed by atoms with van der Waals surface area (Å²) in [6, 6.07) is 15.0. The Balaban J connectivity index is 1.76. The summed E-state index contributed by atoms with van der Waals surface area (Å²) in [5, 5.41) is 0.812. The first-order chi connectivity index (χ1) is 13.0. The van der Waals surface area contributed by atoms with Crippen molar-refractivity contribution in [3.8, 4) is 0 Å². The number of fused-ring (bicyclic) bond motifs is 2. The van der Waals surface area contributed by atoms with Gasteiger partial charge in [-0.25, -0.2) is 0 Å². The molecule has 0 aromatic heterocycles. The predicted molar refractivity (Wildman–Crippen MR) is 120 cm³/mol. The molecule has 3 rings (SSSR count). The minimum atomic E-state index is 0.812. The standard InChI is InChI=1S/C24H31ClNS/c1-4-5-6-9-16-26(2,3)17-10-12-20-21-11-7-8-13-23(21)27-24-15-14-19(25)18-22(20)24/h7-8,11-15,18H,4-6,9-10,16-17H2,1-3H3/q+1. The molecule has 0 saturated carbocycles. The van der Waals surface area contributed by atoms with Crippen molar-refractivity contribution in [2.45, 2.75) is 48.8 Å². The van der Waals surface area contributed by atoms with Gasteiger partial charge >= 0.3 is 0 Å². The van der Waals surface area contributed by atoms with Crippen molar-refractivity contribution >= 4 is 28.9 Å². The summed E-state index contributed by atoms with van der Waals surface area (Å²) in [5.74, 6) is 0. The lowest BCUT2D eigenvalue weighted by atomic mass is 9.96. The summed E-state index contributed by atoms with van der Waals surface area (Å²) >= 11 is 8.17. The zero-order valence-electron chi connectivity index (χ0n) is 16.8. The van der Waals surface area contributed by atoms with Crippen LogP contribution in [0.3, 0.4) is 0 Å². The Hall–Kier alpha value is -1.22. The maximum atomic E-state index is 6.32. The van der Waals surface area contributed by atoms with Gasteiger partial charge in [0.15, 0.2) is 0 Å². The third-order valence-electron chi connectivity index (χ3n) is 5.33. The molecule has 1 aliphatic heterocycles. The third kappa shape index (κ3) is 5.40. The van der Waals surface area contributed by atoms with Gasteiger partial charge < -0.3 is 4.48 Å². The van der Waals surface area contributed by atoms with E-state index in [0.717, 1.165) is 15.9 Å². The first kappa shape index (κ1) is 20.5. The van der Waals surface area contributed by atoms with Gasteiger partial charge in [-0.3, -0.25) is 0 Å². The quantitative estimate of drug-likeness (QED) is 0.282. The average molecular weight is 401 g/mol. The molecule has 0 unspecified atom stereocenters. The molecule has 144 valence electrons. The zero-order chi connectivity index (χ0) is 19.3. The van der Waals surface area contributed by atoms with E-state index in [1.807, 2.05) is 17.8 Å². The first-order valence-electron chi connectivity index (χ1n) is 10.1.